The molecule has 0 aliphatic heterocycles. The second-order valence-corrected chi connectivity index (χ2v) is 7.99. The van der Waals surface area contributed by atoms with Crippen molar-refractivity contribution in [2.24, 2.45) is 0 Å². The summed E-state index contributed by atoms with van der Waals surface area (Å²) in [4.78, 5) is 3.40. The van der Waals surface area contributed by atoms with Crippen LogP contribution in [0.1, 0.15) is 31.3 Å². The number of hydrogen-bond acceptors (Lipinski definition) is 5. The highest BCUT2D eigenvalue weighted by Gasteiger charge is 2.10. The Kier molecular flexibility index (Phi) is 5.35. The Hall–Kier alpha value is -0.980. The molecular weight excluding hydrogens is 348 g/mol. The van der Waals surface area contributed by atoms with Gasteiger partial charge in [-0.25, -0.2) is 0 Å². The van der Waals surface area contributed by atoms with E-state index in [0.29, 0.717) is 0 Å². The minimum absolute atomic E-state index is 0.0870. The lowest BCUT2D eigenvalue weighted by Gasteiger charge is -2.20. The third kappa shape index (κ3) is 5.37. The topological polar surface area (TPSA) is 41.0 Å². The molecule has 0 aliphatic rings. The van der Waals surface area contributed by atoms with Crippen LogP contribution in [0.4, 0.5) is 5.82 Å². The van der Waals surface area contributed by atoms with Crippen LogP contribution in [0.15, 0.2) is 28.1 Å². The van der Waals surface area contributed by atoms with Gasteiger partial charge in [0.25, 0.3) is 0 Å². The lowest BCUT2D eigenvalue weighted by atomic mass is 10.1. The number of nitrogens with one attached hydrogen (secondary N) is 1. The molecule has 6 heteroatoms. The predicted molar refractivity (Wildman–Crippen MR) is 92.8 cm³/mol. The molecule has 0 amide bonds. The van der Waals surface area contributed by atoms with Gasteiger partial charge in [-0.05, 0) is 54.9 Å². The van der Waals surface area contributed by atoms with E-state index in [0.717, 1.165) is 29.1 Å². The van der Waals surface area contributed by atoms with Crippen LogP contribution in [-0.2, 0) is 13.1 Å². The van der Waals surface area contributed by atoms with Crippen LogP contribution >= 0.6 is 27.3 Å². The Morgan fingerprint density at radius 2 is 2.05 bits per heavy atom. The largest absolute Gasteiger partial charge is 0.353 e. The monoisotopic (exact) mass is 368 g/mol. The van der Waals surface area contributed by atoms with E-state index in [1.54, 1.807) is 11.3 Å². The van der Waals surface area contributed by atoms with Crippen molar-refractivity contribution in [1.82, 2.24) is 15.5 Å². The van der Waals surface area contributed by atoms with E-state index in [1.165, 1.54) is 4.88 Å². The maximum Gasteiger partial charge on any atom is 0.151 e. The molecule has 1 N–H and O–H groups in total. The fourth-order valence-corrected chi connectivity index (χ4v) is 3.26. The maximum absolute atomic E-state index is 4.31. The molecule has 4 nitrogen and oxygen atoms in total. The Labute approximate surface area is 138 Å². The molecule has 0 aliphatic carbocycles. The van der Waals surface area contributed by atoms with Gasteiger partial charge in [-0.2, -0.15) is 5.10 Å². The lowest BCUT2D eigenvalue weighted by Crippen LogP contribution is -2.35. The summed E-state index contributed by atoms with van der Waals surface area (Å²) in [7, 11) is 2.03. The fourth-order valence-electron chi connectivity index (χ4n) is 1.76. The van der Waals surface area contributed by atoms with Gasteiger partial charge in [0.15, 0.2) is 5.82 Å². The molecular formula is C15H21BrN4S. The van der Waals surface area contributed by atoms with Gasteiger partial charge in [-0.1, -0.05) is 0 Å². The maximum atomic E-state index is 4.31. The van der Waals surface area contributed by atoms with Gasteiger partial charge >= 0.3 is 0 Å². The molecule has 0 saturated heterocycles. The van der Waals surface area contributed by atoms with Crippen LogP contribution in [0.2, 0.25) is 0 Å². The summed E-state index contributed by atoms with van der Waals surface area (Å²) in [6.45, 7) is 7.99. The summed E-state index contributed by atoms with van der Waals surface area (Å²) in [5.74, 6) is 0.888. The standard InChI is InChI=1S/C15H21BrN4S/c1-15(2,3)17-8-12-5-6-14(19-18-12)20(4)9-13-7-11(16)10-21-13/h5-7,10,17H,8-9H2,1-4H3. The molecule has 0 aromatic carbocycles. The van der Waals surface area contributed by atoms with Crippen LogP contribution < -0.4 is 10.2 Å². The molecule has 114 valence electrons. The zero-order valence-electron chi connectivity index (χ0n) is 12.9. The highest BCUT2D eigenvalue weighted by atomic mass is 79.9. The second-order valence-electron chi connectivity index (χ2n) is 6.07. The predicted octanol–water partition coefficient (Wildman–Crippen LogP) is 3.83. The van der Waals surface area contributed by atoms with Gasteiger partial charge in [-0.15, -0.1) is 16.4 Å². The van der Waals surface area contributed by atoms with Crippen molar-refractivity contribution >= 4 is 33.1 Å². The lowest BCUT2D eigenvalue weighted by molar-refractivity contribution is 0.420. The Balaban J connectivity index is 1.94. The number of thiophene rings is 1. The van der Waals surface area contributed by atoms with Gasteiger partial charge in [0.05, 0.1) is 12.2 Å². The summed E-state index contributed by atoms with van der Waals surface area (Å²) < 4.78 is 1.13. The van der Waals surface area contributed by atoms with Crippen LogP contribution in [0.25, 0.3) is 0 Å². The number of nitrogens with zero attached hydrogens (tertiary/aromatic N) is 3. The van der Waals surface area contributed by atoms with E-state index in [4.69, 9.17) is 0 Å². The van der Waals surface area contributed by atoms with Gasteiger partial charge in [0.1, 0.15) is 0 Å². The summed E-state index contributed by atoms with van der Waals surface area (Å²) in [6, 6.07) is 6.19. The van der Waals surface area contributed by atoms with Crippen molar-refractivity contribution in [3.05, 3.63) is 38.6 Å². The van der Waals surface area contributed by atoms with E-state index in [1.807, 2.05) is 19.2 Å². The van der Waals surface area contributed by atoms with E-state index in [-0.39, 0.29) is 5.54 Å². The highest BCUT2D eigenvalue weighted by molar-refractivity contribution is 9.10. The zero-order chi connectivity index (χ0) is 15.5. The molecule has 2 rings (SSSR count). The number of aromatic nitrogens is 2. The van der Waals surface area contributed by atoms with Crippen molar-refractivity contribution < 1.29 is 0 Å². The second kappa shape index (κ2) is 6.85. The smallest absolute Gasteiger partial charge is 0.151 e. The summed E-state index contributed by atoms with van der Waals surface area (Å²) in [6.07, 6.45) is 0. The zero-order valence-corrected chi connectivity index (χ0v) is 15.3. The first-order valence-electron chi connectivity index (χ1n) is 6.85. The summed E-state index contributed by atoms with van der Waals surface area (Å²) in [5.41, 5.74) is 1.05. The van der Waals surface area contributed by atoms with Gasteiger partial charge in [-0.3, -0.25) is 0 Å². The van der Waals surface area contributed by atoms with Crippen LogP contribution in [0.3, 0.4) is 0 Å². The fraction of sp³-hybridized carbons (Fsp3) is 0.467. The molecule has 2 aromatic heterocycles. The molecule has 0 bridgehead atoms. The molecule has 0 unspecified atom stereocenters. The molecule has 21 heavy (non-hydrogen) atoms. The van der Waals surface area contributed by atoms with E-state index < -0.39 is 0 Å². The number of hydrogen-bond donors (Lipinski definition) is 1. The third-order valence-electron chi connectivity index (χ3n) is 2.91. The summed E-state index contributed by atoms with van der Waals surface area (Å²) in [5, 5.41) is 14.1. The SMILES string of the molecule is CN(Cc1cc(Br)cs1)c1ccc(CNC(C)(C)C)nn1. The van der Waals surface area contributed by atoms with E-state index in [2.05, 4.69) is 68.6 Å². The number of anilines is 1. The molecule has 0 radical (unpaired) electrons. The molecule has 0 fully saturated rings. The Morgan fingerprint density at radius 3 is 2.57 bits per heavy atom. The quantitative estimate of drug-likeness (QED) is 0.870. The molecule has 0 saturated carbocycles. The molecule has 2 aromatic rings. The molecule has 0 spiro atoms. The first-order chi connectivity index (χ1) is 9.83. The van der Waals surface area contributed by atoms with Crippen LogP contribution in [0, 0.1) is 0 Å². The number of halogens is 1. The Morgan fingerprint density at radius 1 is 1.29 bits per heavy atom. The van der Waals surface area contributed by atoms with Gasteiger partial charge < -0.3 is 10.2 Å². The van der Waals surface area contributed by atoms with Crippen molar-refractivity contribution in [1.29, 1.82) is 0 Å². The van der Waals surface area contributed by atoms with Crippen LogP contribution in [-0.4, -0.2) is 22.8 Å². The van der Waals surface area contributed by atoms with E-state index >= 15 is 0 Å². The van der Waals surface area contributed by atoms with Crippen molar-refractivity contribution in [3.63, 3.8) is 0 Å². The number of rotatable bonds is 5. The first-order valence-corrected chi connectivity index (χ1v) is 8.52. The van der Waals surface area contributed by atoms with Gasteiger partial charge in [0, 0.05) is 33.9 Å². The Bertz CT molecular complexity index is 574. The molecule has 2 heterocycles. The average molecular weight is 369 g/mol. The highest BCUT2D eigenvalue weighted by Crippen LogP contribution is 2.22. The van der Waals surface area contributed by atoms with Crippen molar-refractivity contribution in [3.8, 4) is 0 Å². The van der Waals surface area contributed by atoms with Crippen LogP contribution in [0.5, 0.6) is 0 Å². The van der Waals surface area contributed by atoms with E-state index in [9.17, 15) is 0 Å². The molecule has 0 atom stereocenters. The van der Waals surface area contributed by atoms with Crippen molar-refractivity contribution in [2.45, 2.75) is 39.4 Å². The van der Waals surface area contributed by atoms with Gasteiger partial charge in [0.2, 0.25) is 0 Å². The minimum Gasteiger partial charge on any atom is -0.353 e. The normalized spacial score (nSPS) is 11.7. The minimum atomic E-state index is 0.0870. The first kappa shape index (κ1) is 16.4. The van der Waals surface area contributed by atoms with Crippen molar-refractivity contribution in [2.75, 3.05) is 11.9 Å². The summed E-state index contributed by atoms with van der Waals surface area (Å²) >= 11 is 5.22. The third-order valence-corrected chi connectivity index (χ3v) is 4.59. The average Bonchev–Trinajstić information content (AvgIpc) is 2.81.